The quantitative estimate of drug-likeness (QED) is 0.530. The Balaban J connectivity index is 1.77. The lowest BCUT2D eigenvalue weighted by Crippen LogP contribution is -2.21. The molecule has 0 aliphatic carbocycles. The minimum atomic E-state index is -0.768. The molecule has 1 aliphatic rings. The molecule has 1 N–H and O–H groups in total. The number of nitro groups is 1. The fourth-order valence-electron chi connectivity index (χ4n) is 3.17. The standard InChI is InChI=1S/C22H18N4O2/c1-22(17-11-6-3-7-12-17)24-20(16-9-4-2-5-10-16)21(25-22)23-18-13-8-14-19(15-18)26(27)28/h2-15H,1H3,(H,23,25). The molecule has 0 radical (unpaired) electrons. The van der Waals surface area contributed by atoms with Crippen molar-refractivity contribution in [3.8, 4) is 0 Å². The van der Waals surface area contributed by atoms with Crippen LogP contribution in [0.4, 0.5) is 11.4 Å². The third-order valence-electron chi connectivity index (χ3n) is 4.57. The molecule has 28 heavy (non-hydrogen) atoms. The maximum absolute atomic E-state index is 11.1. The van der Waals surface area contributed by atoms with E-state index < -0.39 is 10.6 Å². The van der Waals surface area contributed by atoms with E-state index in [0.717, 1.165) is 16.8 Å². The van der Waals surface area contributed by atoms with Crippen molar-refractivity contribution in [2.24, 2.45) is 9.98 Å². The average Bonchev–Trinajstić information content (AvgIpc) is 3.07. The molecule has 0 spiro atoms. The molecule has 0 saturated carbocycles. The SMILES string of the molecule is CC1(c2ccccc2)N=C(Nc2cccc([N+](=O)[O-])c2)C(c2ccccc2)=N1. The monoisotopic (exact) mass is 370 g/mol. The molecule has 3 aromatic rings. The van der Waals surface area contributed by atoms with E-state index in [2.05, 4.69) is 5.32 Å². The second-order valence-corrected chi connectivity index (χ2v) is 6.61. The van der Waals surface area contributed by atoms with Crippen LogP contribution in [-0.4, -0.2) is 16.5 Å². The van der Waals surface area contributed by atoms with Gasteiger partial charge in [0.2, 0.25) is 0 Å². The van der Waals surface area contributed by atoms with E-state index >= 15 is 0 Å². The third kappa shape index (κ3) is 3.40. The molecule has 0 saturated heterocycles. The van der Waals surface area contributed by atoms with Crippen LogP contribution in [0.15, 0.2) is 94.9 Å². The van der Waals surface area contributed by atoms with Crippen LogP contribution in [0, 0.1) is 10.1 Å². The fourth-order valence-corrected chi connectivity index (χ4v) is 3.17. The summed E-state index contributed by atoms with van der Waals surface area (Å²) in [6.07, 6.45) is 0. The van der Waals surface area contributed by atoms with Crippen molar-refractivity contribution in [2.75, 3.05) is 5.32 Å². The van der Waals surface area contributed by atoms with E-state index in [-0.39, 0.29) is 5.69 Å². The lowest BCUT2D eigenvalue weighted by atomic mass is 10.0. The second kappa shape index (κ2) is 7.08. The van der Waals surface area contributed by atoms with Gasteiger partial charge < -0.3 is 5.32 Å². The Kier molecular flexibility index (Phi) is 4.45. The van der Waals surface area contributed by atoms with Crippen LogP contribution in [0.3, 0.4) is 0 Å². The fraction of sp³-hybridized carbons (Fsp3) is 0.0909. The highest BCUT2D eigenvalue weighted by Crippen LogP contribution is 2.33. The van der Waals surface area contributed by atoms with Crippen LogP contribution in [0.25, 0.3) is 0 Å². The smallest absolute Gasteiger partial charge is 0.271 e. The van der Waals surface area contributed by atoms with Gasteiger partial charge in [-0.15, -0.1) is 0 Å². The van der Waals surface area contributed by atoms with Gasteiger partial charge in [0.05, 0.1) is 4.92 Å². The summed E-state index contributed by atoms with van der Waals surface area (Å²) in [5.74, 6) is 0.582. The van der Waals surface area contributed by atoms with Crippen molar-refractivity contribution in [1.29, 1.82) is 0 Å². The molecular formula is C22H18N4O2. The molecule has 1 unspecified atom stereocenters. The molecule has 3 aromatic carbocycles. The molecule has 0 amide bonds. The van der Waals surface area contributed by atoms with Gasteiger partial charge in [0.15, 0.2) is 11.5 Å². The van der Waals surface area contributed by atoms with Gasteiger partial charge in [-0.25, -0.2) is 9.98 Å². The zero-order valence-electron chi connectivity index (χ0n) is 15.2. The summed E-state index contributed by atoms with van der Waals surface area (Å²) in [5, 5.41) is 14.3. The Morgan fingerprint density at radius 2 is 1.57 bits per heavy atom. The van der Waals surface area contributed by atoms with Gasteiger partial charge in [-0.3, -0.25) is 10.1 Å². The van der Waals surface area contributed by atoms with Crippen molar-refractivity contribution >= 4 is 22.9 Å². The molecule has 0 aromatic heterocycles. The maximum Gasteiger partial charge on any atom is 0.271 e. The van der Waals surface area contributed by atoms with Gasteiger partial charge in [0, 0.05) is 28.9 Å². The molecule has 0 fully saturated rings. The zero-order valence-corrected chi connectivity index (χ0v) is 15.2. The summed E-state index contributed by atoms with van der Waals surface area (Å²) in [6, 6.07) is 26.0. The average molecular weight is 370 g/mol. The molecule has 6 nitrogen and oxygen atoms in total. The van der Waals surface area contributed by atoms with Gasteiger partial charge in [-0.1, -0.05) is 66.7 Å². The second-order valence-electron chi connectivity index (χ2n) is 6.61. The van der Waals surface area contributed by atoms with E-state index in [9.17, 15) is 10.1 Å². The topological polar surface area (TPSA) is 79.9 Å². The van der Waals surface area contributed by atoms with Gasteiger partial charge in [-0.05, 0) is 13.0 Å². The van der Waals surface area contributed by atoms with Gasteiger partial charge in [-0.2, -0.15) is 0 Å². The largest absolute Gasteiger partial charge is 0.338 e. The molecule has 1 atom stereocenters. The Morgan fingerprint density at radius 3 is 2.25 bits per heavy atom. The molecule has 1 aliphatic heterocycles. The number of benzene rings is 3. The number of amidine groups is 1. The Hall–Kier alpha value is -3.80. The first kappa shape index (κ1) is 17.6. The van der Waals surface area contributed by atoms with Crippen LogP contribution in [0.2, 0.25) is 0 Å². The van der Waals surface area contributed by atoms with Crippen molar-refractivity contribution in [3.63, 3.8) is 0 Å². The van der Waals surface area contributed by atoms with Gasteiger partial charge in [0.25, 0.3) is 5.69 Å². The van der Waals surface area contributed by atoms with E-state index in [4.69, 9.17) is 9.98 Å². The van der Waals surface area contributed by atoms with Crippen molar-refractivity contribution in [1.82, 2.24) is 0 Å². The Morgan fingerprint density at radius 1 is 0.893 bits per heavy atom. The molecule has 1 heterocycles. The van der Waals surface area contributed by atoms with E-state index in [0.29, 0.717) is 11.5 Å². The highest BCUT2D eigenvalue weighted by molar-refractivity contribution is 6.52. The molecule has 138 valence electrons. The first-order valence-electron chi connectivity index (χ1n) is 8.88. The van der Waals surface area contributed by atoms with Crippen molar-refractivity contribution in [3.05, 3.63) is 106 Å². The number of anilines is 1. The summed E-state index contributed by atoms with van der Waals surface area (Å²) in [5.41, 5.74) is 2.47. The van der Waals surface area contributed by atoms with Crippen LogP contribution >= 0.6 is 0 Å². The lowest BCUT2D eigenvalue weighted by Gasteiger charge is -2.17. The van der Waals surface area contributed by atoms with E-state index in [1.165, 1.54) is 12.1 Å². The minimum Gasteiger partial charge on any atom is -0.338 e. The van der Waals surface area contributed by atoms with Gasteiger partial charge >= 0.3 is 0 Å². The van der Waals surface area contributed by atoms with Crippen LogP contribution in [0.1, 0.15) is 18.1 Å². The number of hydrogen-bond acceptors (Lipinski definition) is 5. The Labute approximate surface area is 162 Å². The molecule has 0 bridgehead atoms. The van der Waals surface area contributed by atoms with E-state index in [1.807, 2.05) is 67.6 Å². The Bertz CT molecular complexity index is 1080. The number of non-ortho nitro benzene ring substituents is 1. The number of aliphatic imine (C=N–C) groups is 2. The van der Waals surface area contributed by atoms with Crippen molar-refractivity contribution in [2.45, 2.75) is 12.6 Å². The van der Waals surface area contributed by atoms with Crippen LogP contribution < -0.4 is 5.32 Å². The highest BCUT2D eigenvalue weighted by atomic mass is 16.6. The number of nitrogens with zero attached hydrogens (tertiary/aromatic N) is 3. The number of nitrogens with one attached hydrogen (secondary N) is 1. The number of hydrogen-bond donors (Lipinski definition) is 1. The van der Waals surface area contributed by atoms with Crippen LogP contribution in [0.5, 0.6) is 0 Å². The predicted octanol–water partition coefficient (Wildman–Crippen LogP) is 4.78. The minimum absolute atomic E-state index is 0.0209. The summed E-state index contributed by atoms with van der Waals surface area (Å²) in [7, 11) is 0. The summed E-state index contributed by atoms with van der Waals surface area (Å²) in [4.78, 5) is 20.4. The molecule has 4 rings (SSSR count). The third-order valence-corrected chi connectivity index (χ3v) is 4.57. The van der Waals surface area contributed by atoms with E-state index in [1.54, 1.807) is 12.1 Å². The lowest BCUT2D eigenvalue weighted by molar-refractivity contribution is -0.384. The summed E-state index contributed by atoms with van der Waals surface area (Å²) < 4.78 is 0. The van der Waals surface area contributed by atoms with Crippen molar-refractivity contribution < 1.29 is 4.92 Å². The molecular weight excluding hydrogens is 352 g/mol. The normalized spacial score (nSPS) is 18.3. The number of nitro benzene ring substituents is 1. The summed E-state index contributed by atoms with van der Waals surface area (Å²) in [6.45, 7) is 1.95. The predicted molar refractivity (Wildman–Crippen MR) is 111 cm³/mol. The first-order chi connectivity index (χ1) is 13.5. The first-order valence-corrected chi connectivity index (χ1v) is 8.88. The highest BCUT2D eigenvalue weighted by Gasteiger charge is 2.34. The number of rotatable bonds is 4. The van der Waals surface area contributed by atoms with Gasteiger partial charge in [0.1, 0.15) is 5.71 Å². The zero-order chi connectivity index (χ0) is 19.6. The maximum atomic E-state index is 11.1. The molecule has 6 heteroatoms. The summed E-state index contributed by atoms with van der Waals surface area (Å²) >= 11 is 0. The van der Waals surface area contributed by atoms with Crippen LogP contribution in [-0.2, 0) is 5.66 Å².